The van der Waals surface area contributed by atoms with Crippen LogP contribution in [0.25, 0.3) is 0 Å². The standard InChI is InChI=1S/C13H28N2/c1-10(9-13(2,3)4)7-12(15-14)8-11-5-6-11/h10-12,15H,5-9,14H2,1-4H3. The van der Waals surface area contributed by atoms with E-state index in [9.17, 15) is 0 Å². The van der Waals surface area contributed by atoms with Gasteiger partial charge in [0.2, 0.25) is 0 Å². The van der Waals surface area contributed by atoms with Gasteiger partial charge in [-0.15, -0.1) is 0 Å². The molecule has 3 N–H and O–H groups in total. The lowest BCUT2D eigenvalue weighted by atomic mass is 9.82. The Labute approximate surface area is 95.0 Å². The van der Waals surface area contributed by atoms with Crippen LogP contribution in [0.3, 0.4) is 0 Å². The molecule has 0 spiro atoms. The lowest BCUT2D eigenvalue weighted by molar-refractivity contribution is 0.268. The largest absolute Gasteiger partial charge is 0.271 e. The van der Waals surface area contributed by atoms with Gasteiger partial charge >= 0.3 is 0 Å². The summed E-state index contributed by atoms with van der Waals surface area (Å²) in [7, 11) is 0. The van der Waals surface area contributed by atoms with Crippen LogP contribution in [0.1, 0.15) is 59.8 Å². The van der Waals surface area contributed by atoms with Gasteiger partial charge < -0.3 is 0 Å². The SMILES string of the molecule is CC(CC(CC1CC1)NN)CC(C)(C)C. The van der Waals surface area contributed by atoms with E-state index in [1.54, 1.807) is 0 Å². The van der Waals surface area contributed by atoms with Crippen LogP contribution in [0.5, 0.6) is 0 Å². The zero-order valence-corrected chi connectivity index (χ0v) is 10.8. The third kappa shape index (κ3) is 6.16. The van der Waals surface area contributed by atoms with Crippen LogP contribution in [0, 0.1) is 17.3 Å². The predicted octanol–water partition coefficient (Wildman–Crippen LogP) is 3.08. The molecule has 90 valence electrons. The van der Waals surface area contributed by atoms with E-state index in [2.05, 4.69) is 33.1 Å². The maximum absolute atomic E-state index is 5.61. The summed E-state index contributed by atoms with van der Waals surface area (Å²) in [6, 6.07) is 0.537. The quantitative estimate of drug-likeness (QED) is 0.524. The molecule has 1 rings (SSSR count). The van der Waals surface area contributed by atoms with E-state index in [0.29, 0.717) is 11.5 Å². The van der Waals surface area contributed by atoms with E-state index in [4.69, 9.17) is 5.84 Å². The van der Waals surface area contributed by atoms with Crippen molar-refractivity contribution in [1.29, 1.82) is 0 Å². The molecule has 0 aromatic heterocycles. The maximum atomic E-state index is 5.61. The lowest BCUT2D eigenvalue weighted by Crippen LogP contribution is -2.37. The summed E-state index contributed by atoms with van der Waals surface area (Å²) in [5, 5.41) is 0. The molecule has 0 radical (unpaired) electrons. The van der Waals surface area contributed by atoms with Gasteiger partial charge in [-0.2, -0.15) is 0 Å². The van der Waals surface area contributed by atoms with E-state index in [1.165, 1.54) is 32.1 Å². The summed E-state index contributed by atoms with van der Waals surface area (Å²) < 4.78 is 0. The molecule has 1 saturated carbocycles. The van der Waals surface area contributed by atoms with Gasteiger partial charge in [-0.05, 0) is 36.5 Å². The van der Waals surface area contributed by atoms with Crippen LogP contribution < -0.4 is 11.3 Å². The smallest absolute Gasteiger partial charge is 0.0215 e. The third-order valence-electron chi connectivity index (χ3n) is 3.20. The molecule has 0 saturated heterocycles. The first-order valence-corrected chi connectivity index (χ1v) is 6.37. The van der Waals surface area contributed by atoms with E-state index in [1.807, 2.05) is 0 Å². The second-order valence-corrected chi connectivity index (χ2v) is 6.65. The highest BCUT2D eigenvalue weighted by molar-refractivity contribution is 4.81. The molecule has 2 nitrogen and oxygen atoms in total. The zero-order valence-electron chi connectivity index (χ0n) is 10.8. The minimum absolute atomic E-state index is 0.443. The first-order chi connectivity index (χ1) is 6.90. The van der Waals surface area contributed by atoms with Crippen molar-refractivity contribution >= 4 is 0 Å². The Bertz CT molecular complexity index is 179. The van der Waals surface area contributed by atoms with Gasteiger partial charge in [-0.1, -0.05) is 40.5 Å². The number of hydrazine groups is 1. The Kier molecular flexibility index (Phi) is 4.60. The number of rotatable bonds is 6. The zero-order chi connectivity index (χ0) is 11.5. The molecule has 0 bridgehead atoms. The van der Waals surface area contributed by atoms with E-state index < -0.39 is 0 Å². The van der Waals surface area contributed by atoms with E-state index >= 15 is 0 Å². The second kappa shape index (κ2) is 5.31. The van der Waals surface area contributed by atoms with Crippen LogP contribution in [0.2, 0.25) is 0 Å². The molecule has 2 unspecified atom stereocenters. The van der Waals surface area contributed by atoms with Crippen molar-refractivity contribution in [2.75, 3.05) is 0 Å². The van der Waals surface area contributed by atoms with Crippen LogP contribution in [-0.4, -0.2) is 6.04 Å². The van der Waals surface area contributed by atoms with E-state index in [-0.39, 0.29) is 0 Å². The van der Waals surface area contributed by atoms with Gasteiger partial charge in [0.05, 0.1) is 0 Å². The first-order valence-electron chi connectivity index (χ1n) is 6.37. The Morgan fingerprint density at radius 2 is 1.93 bits per heavy atom. The highest BCUT2D eigenvalue weighted by Crippen LogP contribution is 2.35. The van der Waals surface area contributed by atoms with Gasteiger partial charge in [-0.3, -0.25) is 11.3 Å². The summed E-state index contributed by atoms with van der Waals surface area (Å²) in [5.74, 6) is 7.34. The molecule has 0 aromatic carbocycles. The average molecular weight is 212 g/mol. The van der Waals surface area contributed by atoms with Crippen LogP contribution in [0.15, 0.2) is 0 Å². The van der Waals surface area contributed by atoms with Crippen molar-refractivity contribution in [1.82, 2.24) is 5.43 Å². The molecule has 15 heavy (non-hydrogen) atoms. The van der Waals surface area contributed by atoms with Gasteiger partial charge in [0.15, 0.2) is 0 Å². The molecule has 1 aliphatic rings. The fourth-order valence-electron chi connectivity index (χ4n) is 2.60. The van der Waals surface area contributed by atoms with Gasteiger partial charge in [-0.25, -0.2) is 0 Å². The Hall–Kier alpha value is -0.0800. The Morgan fingerprint density at radius 3 is 2.33 bits per heavy atom. The molecule has 0 amide bonds. The first kappa shape index (κ1) is 13.0. The maximum Gasteiger partial charge on any atom is 0.0215 e. The molecule has 1 aliphatic carbocycles. The highest BCUT2D eigenvalue weighted by atomic mass is 15.2. The summed E-state index contributed by atoms with van der Waals surface area (Å²) in [6.45, 7) is 9.29. The summed E-state index contributed by atoms with van der Waals surface area (Å²) >= 11 is 0. The summed E-state index contributed by atoms with van der Waals surface area (Å²) in [6.07, 6.45) is 6.64. The molecule has 0 aliphatic heterocycles. The Morgan fingerprint density at radius 1 is 1.33 bits per heavy atom. The van der Waals surface area contributed by atoms with Crippen LogP contribution >= 0.6 is 0 Å². The fourth-order valence-corrected chi connectivity index (χ4v) is 2.60. The van der Waals surface area contributed by atoms with Crippen LogP contribution in [0.4, 0.5) is 0 Å². The predicted molar refractivity (Wildman–Crippen MR) is 66.3 cm³/mol. The molecule has 1 fully saturated rings. The highest BCUT2D eigenvalue weighted by Gasteiger charge is 2.26. The molecular weight excluding hydrogens is 184 g/mol. The van der Waals surface area contributed by atoms with Crippen molar-refractivity contribution in [3.8, 4) is 0 Å². The normalized spacial score (nSPS) is 21.4. The third-order valence-corrected chi connectivity index (χ3v) is 3.20. The van der Waals surface area contributed by atoms with E-state index in [0.717, 1.165) is 11.8 Å². The molecule has 0 heterocycles. The average Bonchev–Trinajstić information content (AvgIpc) is 2.83. The van der Waals surface area contributed by atoms with Crippen LogP contribution in [-0.2, 0) is 0 Å². The van der Waals surface area contributed by atoms with Gasteiger partial charge in [0.25, 0.3) is 0 Å². The van der Waals surface area contributed by atoms with Crippen molar-refractivity contribution in [3.63, 3.8) is 0 Å². The molecule has 0 aromatic rings. The molecule has 2 heteroatoms. The van der Waals surface area contributed by atoms with Gasteiger partial charge in [0, 0.05) is 6.04 Å². The van der Waals surface area contributed by atoms with Crippen molar-refractivity contribution < 1.29 is 0 Å². The van der Waals surface area contributed by atoms with Crippen molar-refractivity contribution in [2.45, 2.75) is 65.8 Å². The molecular formula is C13H28N2. The summed E-state index contributed by atoms with van der Waals surface area (Å²) in [5.41, 5.74) is 3.43. The monoisotopic (exact) mass is 212 g/mol. The molecule has 2 atom stereocenters. The fraction of sp³-hybridized carbons (Fsp3) is 1.00. The lowest BCUT2D eigenvalue weighted by Gasteiger charge is -2.26. The van der Waals surface area contributed by atoms with Gasteiger partial charge in [0.1, 0.15) is 0 Å². The second-order valence-electron chi connectivity index (χ2n) is 6.65. The van der Waals surface area contributed by atoms with Crippen molar-refractivity contribution in [2.24, 2.45) is 23.1 Å². The Balaban J connectivity index is 2.23. The number of nitrogens with two attached hydrogens (primary N) is 1. The number of hydrogen-bond donors (Lipinski definition) is 2. The number of hydrogen-bond acceptors (Lipinski definition) is 2. The summed E-state index contributed by atoms with van der Waals surface area (Å²) in [4.78, 5) is 0. The minimum atomic E-state index is 0.443. The number of nitrogens with one attached hydrogen (secondary N) is 1. The topological polar surface area (TPSA) is 38.0 Å². The van der Waals surface area contributed by atoms with Crippen molar-refractivity contribution in [3.05, 3.63) is 0 Å². The minimum Gasteiger partial charge on any atom is -0.271 e.